The molecule has 2 rings (SSSR count). The van der Waals surface area contributed by atoms with Crippen LogP contribution in [-0.2, 0) is 4.79 Å². The van der Waals surface area contributed by atoms with E-state index >= 15 is 0 Å². The van der Waals surface area contributed by atoms with Gasteiger partial charge in [0.25, 0.3) is 0 Å². The van der Waals surface area contributed by atoms with Gasteiger partial charge in [0, 0.05) is 11.6 Å². The summed E-state index contributed by atoms with van der Waals surface area (Å²) in [7, 11) is 0. The van der Waals surface area contributed by atoms with Crippen LogP contribution in [0, 0.1) is 0 Å². The largest absolute Gasteiger partial charge is 0.478 e. The number of rotatable bonds is 2. The zero-order valence-corrected chi connectivity index (χ0v) is 9.73. The molecule has 0 atom stereocenters. The molecule has 5 nitrogen and oxygen atoms in total. The molecule has 0 saturated carbocycles. The van der Waals surface area contributed by atoms with Gasteiger partial charge in [0.1, 0.15) is 0 Å². The minimum Gasteiger partial charge on any atom is -0.478 e. The number of carbonyl (C=O) groups excluding carboxylic acids is 1. The summed E-state index contributed by atoms with van der Waals surface area (Å²) in [6, 6.07) is 5.18. The Kier molecular flexibility index (Phi) is 3.31. The van der Waals surface area contributed by atoms with E-state index in [-0.39, 0.29) is 16.8 Å². The van der Waals surface area contributed by atoms with Gasteiger partial charge >= 0.3 is 18.1 Å². The highest BCUT2D eigenvalue weighted by atomic mass is 19.4. The van der Waals surface area contributed by atoms with E-state index in [9.17, 15) is 22.8 Å². The van der Waals surface area contributed by atoms with Gasteiger partial charge in [-0.3, -0.25) is 9.78 Å². The molecule has 8 heteroatoms. The predicted octanol–water partition coefficient (Wildman–Crippen LogP) is 2.43. The number of carboxylic acid groups (broad SMARTS) is 1. The Labute approximate surface area is 110 Å². The number of carboxylic acids is 1. The topological polar surface area (TPSA) is 79.3 Å². The quantitative estimate of drug-likeness (QED) is 0.887. The Balaban J connectivity index is 2.56. The number of hydrogen-bond donors (Lipinski definition) is 2. The summed E-state index contributed by atoms with van der Waals surface area (Å²) >= 11 is 0. The number of hydrogen-bond acceptors (Lipinski definition) is 3. The molecule has 104 valence electrons. The lowest BCUT2D eigenvalue weighted by molar-refractivity contribution is -0.167. The summed E-state index contributed by atoms with van der Waals surface area (Å²) in [5.41, 5.74) is -0.471. The zero-order valence-electron chi connectivity index (χ0n) is 9.73. The molecule has 1 aromatic carbocycles. The molecular formula is C12H7F3N2O3. The maximum absolute atomic E-state index is 12.2. The molecule has 2 N–H and O–H groups in total. The van der Waals surface area contributed by atoms with Crippen LogP contribution in [0.3, 0.4) is 0 Å². The van der Waals surface area contributed by atoms with Gasteiger partial charge in [0.2, 0.25) is 0 Å². The fraction of sp³-hybridized carbons (Fsp3) is 0.0833. The van der Waals surface area contributed by atoms with E-state index in [0.29, 0.717) is 5.39 Å². The first-order valence-corrected chi connectivity index (χ1v) is 5.29. The van der Waals surface area contributed by atoms with Crippen molar-refractivity contribution < 1.29 is 27.9 Å². The van der Waals surface area contributed by atoms with Crippen LogP contribution < -0.4 is 5.32 Å². The highest BCUT2D eigenvalue weighted by molar-refractivity contribution is 6.05. The SMILES string of the molecule is O=C(O)c1cc(NC(=O)C(F)(F)F)c2ncccc2c1. The number of aromatic nitrogens is 1. The van der Waals surface area contributed by atoms with Gasteiger partial charge in [-0.2, -0.15) is 13.2 Å². The monoisotopic (exact) mass is 284 g/mol. The Morgan fingerprint density at radius 2 is 1.95 bits per heavy atom. The van der Waals surface area contributed by atoms with Crippen LogP contribution in [0.15, 0.2) is 30.5 Å². The van der Waals surface area contributed by atoms with Crippen LogP contribution >= 0.6 is 0 Å². The molecule has 1 heterocycles. The van der Waals surface area contributed by atoms with E-state index in [4.69, 9.17) is 5.11 Å². The third-order valence-corrected chi connectivity index (χ3v) is 2.46. The molecular weight excluding hydrogens is 277 g/mol. The van der Waals surface area contributed by atoms with Crippen molar-refractivity contribution in [2.45, 2.75) is 6.18 Å². The van der Waals surface area contributed by atoms with Crippen LogP contribution in [-0.4, -0.2) is 28.1 Å². The van der Waals surface area contributed by atoms with Crippen molar-refractivity contribution in [1.29, 1.82) is 0 Å². The van der Waals surface area contributed by atoms with E-state index < -0.39 is 18.1 Å². The molecule has 1 aromatic heterocycles. The third-order valence-electron chi connectivity index (χ3n) is 2.46. The molecule has 0 bridgehead atoms. The molecule has 0 saturated heterocycles. The number of benzene rings is 1. The second-order valence-electron chi connectivity index (χ2n) is 3.86. The summed E-state index contributed by atoms with van der Waals surface area (Å²) in [5.74, 6) is -3.51. The highest BCUT2D eigenvalue weighted by Gasteiger charge is 2.39. The average molecular weight is 284 g/mol. The molecule has 20 heavy (non-hydrogen) atoms. The fourth-order valence-corrected chi connectivity index (χ4v) is 1.60. The minimum absolute atomic E-state index is 0.0788. The maximum Gasteiger partial charge on any atom is 0.471 e. The van der Waals surface area contributed by atoms with Crippen LogP contribution in [0.1, 0.15) is 10.4 Å². The number of nitrogens with one attached hydrogen (secondary N) is 1. The first kappa shape index (κ1) is 13.8. The fourth-order valence-electron chi connectivity index (χ4n) is 1.60. The van der Waals surface area contributed by atoms with E-state index in [1.165, 1.54) is 24.4 Å². The highest BCUT2D eigenvalue weighted by Crippen LogP contribution is 2.26. The predicted molar refractivity (Wildman–Crippen MR) is 63.4 cm³/mol. The van der Waals surface area contributed by atoms with Crippen LogP contribution in [0.5, 0.6) is 0 Å². The van der Waals surface area contributed by atoms with E-state index in [2.05, 4.69) is 4.98 Å². The van der Waals surface area contributed by atoms with Gasteiger partial charge in [0.15, 0.2) is 0 Å². The van der Waals surface area contributed by atoms with E-state index in [0.717, 1.165) is 6.07 Å². The van der Waals surface area contributed by atoms with Crippen molar-refractivity contribution in [1.82, 2.24) is 4.98 Å². The number of aromatic carboxylic acids is 1. The van der Waals surface area contributed by atoms with Gasteiger partial charge < -0.3 is 10.4 Å². The van der Waals surface area contributed by atoms with E-state index in [1.54, 1.807) is 5.32 Å². The lowest BCUT2D eigenvalue weighted by atomic mass is 10.1. The van der Waals surface area contributed by atoms with Crippen molar-refractivity contribution in [2.24, 2.45) is 0 Å². The first-order valence-electron chi connectivity index (χ1n) is 5.29. The Morgan fingerprint density at radius 3 is 2.55 bits per heavy atom. The summed E-state index contributed by atoms with van der Waals surface area (Å²) in [4.78, 5) is 25.7. The zero-order chi connectivity index (χ0) is 14.9. The minimum atomic E-state index is -5.07. The van der Waals surface area contributed by atoms with Crippen LogP contribution in [0.4, 0.5) is 18.9 Å². The number of carbonyl (C=O) groups is 2. The lowest BCUT2D eigenvalue weighted by Gasteiger charge is -2.11. The normalized spacial score (nSPS) is 11.3. The first-order chi connectivity index (χ1) is 9.29. The number of fused-ring (bicyclic) bond motifs is 1. The Morgan fingerprint density at radius 1 is 1.25 bits per heavy atom. The standard InChI is InChI=1S/C12H7F3N2O3/c13-12(14,15)11(20)17-8-5-7(10(18)19)4-6-2-1-3-16-9(6)8/h1-5H,(H,17,20)(H,18,19). The molecule has 0 spiro atoms. The molecule has 0 aliphatic rings. The van der Waals surface area contributed by atoms with Crippen molar-refractivity contribution in [3.63, 3.8) is 0 Å². The maximum atomic E-state index is 12.2. The average Bonchev–Trinajstić information content (AvgIpc) is 2.37. The molecule has 0 fully saturated rings. The second-order valence-corrected chi connectivity index (χ2v) is 3.86. The van der Waals surface area contributed by atoms with E-state index in [1.807, 2.05) is 0 Å². The number of anilines is 1. The van der Waals surface area contributed by atoms with Gasteiger partial charge in [0.05, 0.1) is 16.8 Å². The smallest absolute Gasteiger partial charge is 0.471 e. The van der Waals surface area contributed by atoms with Gasteiger partial charge in [-0.1, -0.05) is 6.07 Å². The number of halogens is 3. The number of alkyl halides is 3. The number of amides is 1. The van der Waals surface area contributed by atoms with Gasteiger partial charge in [-0.05, 0) is 18.2 Å². The second kappa shape index (κ2) is 4.80. The molecule has 0 aliphatic heterocycles. The van der Waals surface area contributed by atoms with Crippen molar-refractivity contribution in [3.05, 3.63) is 36.0 Å². The lowest BCUT2D eigenvalue weighted by Crippen LogP contribution is -2.30. The van der Waals surface area contributed by atoms with Gasteiger partial charge in [-0.25, -0.2) is 4.79 Å². The van der Waals surface area contributed by atoms with Crippen LogP contribution in [0.2, 0.25) is 0 Å². The summed E-state index contributed by atoms with van der Waals surface area (Å²) in [5, 5.41) is 10.8. The van der Waals surface area contributed by atoms with Crippen LogP contribution in [0.25, 0.3) is 10.9 Å². The Hall–Kier alpha value is -2.64. The summed E-state index contributed by atoms with van der Waals surface area (Å²) in [6.07, 6.45) is -3.74. The van der Waals surface area contributed by atoms with Crippen molar-refractivity contribution in [2.75, 3.05) is 5.32 Å². The molecule has 0 radical (unpaired) electrons. The van der Waals surface area contributed by atoms with Gasteiger partial charge in [-0.15, -0.1) is 0 Å². The number of pyridine rings is 1. The van der Waals surface area contributed by atoms with Crippen molar-refractivity contribution in [3.8, 4) is 0 Å². The summed E-state index contributed by atoms with van der Waals surface area (Å²) < 4.78 is 36.7. The van der Waals surface area contributed by atoms with Crippen molar-refractivity contribution >= 4 is 28.5 Å². The Bertz CT molecular complexity index is 698. The molecule has 0 aliphatic carbocycles. The third kappa shape index (κ3) is 2.68. The number of nitrogens with zero attached hydrogens (tertiary/aromatic N) is 1. The summed E-state index contributed by atoms with van der Waals surface area (Å²) in [6.45, 7) is 0. The molecule has 2 aromatic rings. The molecule has 1 amide bonds. The molecule has 0 unspecified atom stereocenters.